The Bertz CT molecular complexity index is 2190. The maximum atomic E-state index is 12.4. The molecule has 0 saturated carbocycles. The number of carboxylic acid groups (broad SMARTS) is 1. The Hall–Kier alpha value is -7.27. The molecule has 0 fully saturated rings. The van der Waals surface area contributed by atoms with Gasteiger partial charge in [-0.25, -0.2) is 9.59 Å². The van der Waals surface area contributed by atoms with Crippen LogP contribution in [0.1, 0.15) is 56.0 Å². The van der Waals surface area contributed by atoms with Crippen LogP contribution >= 0.6 is 0 Å². The average molecular weight is 674 g/mol. The molecule has 250 valence electrons. The molecule has 2 aliphatic rings. The summed E-state index contributed by atoms with van der Waals surface area (Å²) in [5.74, 6) is -1.19. The number of ether oxygens (including phenoxy) is 1. The Kier molecular flexibility index (Phi) is 11.1. The highest BCUT2D eigenvalue weighted by Crippen LogP contribution is 2.45. The van der Waals surface area contributed by atoms with Gasteiger partial charge in [-0.3, -0.25) is 0 Å². The molecule has 0 heterocycles. The van der Waals surface area contributed by atoms with E-state index in [1.807, 2.05) is 97.1 Å². The number of aromatic hydroxyl groups is 2. The van der Waals surface area contributed by atoms with E-state index in [4.69, 9.17) is 25.7 Å². The lowest BCUT2D eigenvalue weighted by Gasteiger charge is -2.15. The minimum atomic E-state index is -0.986. The van der Waals surface area contributed by atoms with Crippen LogP contribution in [0.15, 0.2) is 146 Å². The van der Waals surface area contributed by atoms with Crippen LogP contribution in [0.5, 0.6) is 11.5 Å². The summed E-state index contributed by atoms with van der Waals surface area (Å²) in [4.78, 5) is 26.0. The van der Waals surface area contributed by atoms with Crippen molar-refractivity contribution in [2.45, 2.75) is 13.0 Å². The SMILES string of the molecule is CC#N.O=C(O)c1ccc(O)cc1.O=C(OC1c2ccccc2-c2ccccc21)c1ccc(O)cc1.[N-]=[N+]=C1c2ccccc2-c2ccccc21. The summed E-state index contributed by atoms with van der Waals surface area (Å²) < 4.78 is 5.77. The summed E-state index contributed by atoms with van der Waals surface area (Å²) in [5, 5.41) is 33.8. The zero-order valence-electron chi connectivity index (χ0n) is 27.3. The molecule has 0 amide bonds. The van der Waals surface area contributed by atoms with Gasteiger partial charge in [0.1, 0.15) is 11.5 Å². The maximum absolute atomic E-state index is 12.4. The van der Waals surface area contributed by atoms with Crippen molar-refractivity contribution >= 4 is 17.7 Å². The summed E-state index contributed by atoms with van der Waals surface area (Å²) in [6.07, 6.45) is -0.399. The molecule has 0 spiro atoms. The Morgan fingerprint density at radius 2 is 0.961 bits per heavy atom. The highest BCUT2D eigenvalue weighted by molar-refractivity contribution is 6.21. The van der Waals surface area contributed by atoms with Gasteiger partial charge in [-0.2, -0.15) is 10.1 Å². The molecule has 6 aromatic rings. The fraction of sp³-hybridized carbons (Fsp3) is 0.0476. The van der Waals surface area contributed by atoms with Crippen molar-refractivity contribution < 1.29 is 34.4 Å². The predicted molar refractivity (Wildman–Crippen MR) is 192 cm³/mol. The highest BCUT2D eigenvalue weighted by atomic mass is 16.5. The van der Waals surface area contributed by atoms with E-state index in [1.165, 1.54) is 43.3 Å². The number of esters is 1. The number of rotatable bonds is 3. The molecule has 0 aliphatic heterocycles. The third kappa shape index (κ3) is 7.90. The Balaban J connectivity index is 0.000000155. The van der Waals surface area contributed by atoms with Gasteiger partial charge in [0.2, 0.25) is 0 Å². The average Bonchev–Trinajstić information content (AvgIpc) is 3.65. The van der Waals surface area contributed by atoms with Gasteiger partial charge in [-0.15, -0.1) is 0 Å². The number of carbonyl (C=O) groups is 2. The quantitative estimate of drug-likeness (QED) is 0.0959. The molecule has 9 heteroatoms. The van der Waals surface area contributed by atoms with Crippen molar-refractivity contribution in [2.24, 2.45) is 0 Å². The van der Waals surface area contributed by atoms with Gasteiger partial charge in [-0.05, 0) is 82.9 Å². The number of carbonyl (C=O) groups excluding carboxylic acids is 1. The molecule has 6 aromatic carbocycles. The largest absolute Gasteiger partial charge is 0.508 e. The second-order valence-corrected chi connectivity index (χ2v) is 11.1. The third-order valence-electron chi connectivity index (χ3n) is 7.97. The molecule has 0 aromatic heterocycles. The minimum absolute atomic E-state index is 0.0741. The number of hydrogen-bond acceptors (Lipinski definition) is 6. The topological polar surface area (TPSA) is 164 Å². The first-order valence-electron chi connectivity index (χ1n) is 15.7. The number of fused-ring (bicyclic) bond motifs is 6. The predicted octanol–water partition coefficient (Wildman–Crippen LogP) is 8.67. The third-order valence-corrected chi connectivity index (χ3v) is 7.97. The summed E-state index contributed by atoms with van der Waals surface area (Å²) in [7, 11) is 0. The second-order valence-electron chi connectivity index (χ2n) is 11.1. The standard InChI is InChI=1S/C20H14O3.C13H8N2.C7H6O3.C2H3N/c21-14-11-9-13(10-12-14)20(22)23-19-17-7-3-1-5-15(17)16-6-2-4-8-18(16)19;14-15-13-11-7-3-1-5-9(11)10-6-2-4-8-12(10)13;8-6-3-1-5(2-4-6)7(9)10;1-2-3/h1-12,19,21H;1-8H;1-4,8H,(H,9,10);1H3. The van der Waals surface area contributed by atoms with Crippen molar-refractivity contribution in [3.63, 3.8) is 0 Å². The molecule has 9 nitrogen and oxygen atoms in total. The van der Waals surface area contributed by atoms with E-state index >= 15 is 0 Å². The second kappa shape index (κ2) is 16.2. The molecule has 0 bridgehead atoms. The lowest BCUT2D eigenvalue weighted by molar-refractivity contribution is -0.00245. The zero-order chi connectivity index (χ0) is 36.3. The van der Waals surface area contributed by atoms with Crippen molar-refractivity contribution in [3.05, 3.63) is 185 Å². The van der Waals surface area contributed by atoms with Crippen LogP contribution in [0.4, 0.5) is 0 Å². The molecule has 0 radical (unpaired) electrons. The Morgan fingerprint density at radius 1 is 0.608 bits per heavy atom. The van der Waals surface area contributed by atoms with Gasteiger partial charge in [0.05, 0.1) is 28.3 Å². The number of carboxylic acids is 1. The molecule has 0 atom stereocenters. The van der Waals surface area contributed by atoms with Crippen LogP contribution in [0.25, 0.3) is 27.8 Å². The molecule has 0 saturated heterocycles. The first-order valence-corrected chi connectivity index (χ1v) is 15.7. The van der Waals surface area contributed by atoms with Gasteiger partial charge in [0.15, 0.2) is 6.10 Å². The fourth-order valence-corrected chi connectivity index (χ4v) is 5.71. The number of nitriles is 1. The maximum Gasteiger partial charge on any atom is 0.339 e. The van der Waals surface area contributed by atoms with Crippen LogP contribution < -0.4 is 0 Å². The monoisotopic (exact) mass is 673 g/mol. The summed E-state index contributed by atoms with van der Waals surface area (Å²) in [6, 6.07) is 45.1. The molecule has 8 rings (SSSR count). The van der Waals surface area contributed by atoms with E-state index in [1.54, 1.807) is 18.2 Å². The van der Waals surface area contributed by atoms with Crippen LogP contribution in [0, 0.1) is 11.3 Å². The van der Waals surface area contributed by atoms with Crippen LogP contribution in [0.3, 0.4) is 0 Å². The van der Waals surface area contributed by atoms with E-state index in [-0.39, 0.29) is 17.1 Å². The minimum Gasteiger partial charge on any atom is -0.508 e. The number of nitrogens with zero attached hydrogens (tertiary/aromatic N) is 3. The van der Waals surface area contributed by atoms with Gasteiger partial charge in [0, 0.05) is 18.1 Å². The van der Waals surface area contributed by atoms with Crippen molar-refractivity contribution in [2.75, 3.05) is 0 Å². The first-order chi connectivity index (χ1) is 24.8. The lowest BCUT2D eigenvalue weighted by Crippen LogP contribution is -2.10. The summed E-state index contributed by atoms with van der Waals surface area (Å²) in [5.41, 5.74) is 18.8. The van der Waals surface area contributed by atoms with E-state index in [2.05, 4.69) is 4.79 Å². The molecule has 3 N–H and O–H groups in total. The smallest absolute Gasteiger partial charge is 0.339 e. The van der Waals surface area contributed by atoms with E-state index in [0.717, 1.165) is 44.5 Å². The van der Waals surface area contributed by atoms with Gasteiger partial charge in [-0.1, -0.05) is 84.9 Å². The Morgan fingerprint density at radius 3 is 1.35 bits per heavy atom. The number of benzene rings is 6. The molecule has 0 unspecified atom stereocenters. The normalized spacial score (nSPS) is 11.1. The molecule has 51 heavy (non-hydrogen) atoms. The van der Waals surface area contributed by atoms with Gasteiger partial charge < -0.3 is 25.6 Å². The Labute approximate surface area is 294 Å². The first kappa shape index (κ1) is 35.0. The lowest BCUT2D eigenvalue weighted by atomic mass is 10.1. The van der Waals surface area contributed by atoms with Crippen LogP contribution in [-0.4, -0.2) is 37.8 Å². The van der Waals surface area contributed by atoms with E-state index in [0.29, 0.717) is 11.3 Å². The van der Waals surface area contributed by atoms with Crippen molar-refractivity contribution in [1.82, 2.24) is 0 Å². The van der Waals surface area contributed by atoms with E-state index in [9.17, 15) is 14.7 Å². The zero-order valence-corrected chi connectivity index (χ0v) is 27.3. The number of phenolic OH excluding ortho intramolecular Hbond substituents is 2. The van der Waals surface area contributed by atoms with Gasteiger partial charge >= 0.3 is 17.7 Å². The van der Waals surface area contributed by atoms with Gasteiger partial charge in [0.25, 0.3) is 0 Å². The van der Waals surface area contributed by atoms with E-state index < -0.39 is 18.0 Å². The summed E-state index contributed by atoms with van der Waals surface area (Å²) >= 11 is 0. The number of phenols is 2. The number of hydrogen-bond donors (Lipinski definition) is 3. The van der Waals surface area contributed by atoms with Crippen molar-refractivity contribution in [1.29, 1.82) is 5.26 Å². The fourth-order valence-electron chi connectivity index (χ4n) is 5.71. The molecular weight excluding hydrogens is 642 g/mol. The number of aromatic carboxylic acids is 1. The highest BCUT2D eigenvalue weighted by Gasteiger charge is 2.32. The summed E-state index contributed by atoms with van der Waals surface area (Å²) in [6.45, 7) is 1.43. The molecule has 2 aliphatic carbocycles. The van der Waals surface area contributed by atoms with Crippen LogP contribution in [-0.2, 0) is 4.74 Å². The van der Waals surface area contributed by atoms with Crippen LogP contribution in [0.2, 0.25) is 0 Å². The van der Waals surface area contributed by atoms with Crippen molar-refractivity contribution in [3.8, 4) is 39.8 Å². The molecular formula is C42H31N3O6.